The molecule has 8 nitrogen and oxygen atoms in total. The molecule has 2 aliphatic carbocycles. The Labute approximate surface area is 301 Å². The number of rotatable bonds is 6. The van der Waals surface area contributed by atoms with Gasteiger partial charge in [-0.1, -0.05) is 83.9 Å². The van der Waals surface area contributed by atoms with Crippen molar-refractivity contribution in [3.05, 3.63) is 135 Å². The van der Waals surface area contributed by atoms with E-state index in [4.69, 9.17) is 11.6 Å². The topological polar surface area (TPSA) is 115 Å². The molecule has 0 bridgehead atoms. The Morgan fingerprint density at radius 1 is 0.804 bits per heavy atom. The number of aromatic hydroxyl groups is 2. The van der Waals surface area contributed by atoms with Crippen molar-refractivity contribution < 1.29 is 29.4 Å². The number of phenols is 2. The highest BCUT2D eigenvalue weighted by Gasteiger charge is 2.70. The van der Waals surface area contributed by atoms with Crippen LogP contribution in [0.2, 0.25) is 5.02 Å². The highest BCUT2D eigenvalue weighted by atomic mass is 35.5. The summed E-state index contributed by atoms with van der Waals surface area (Å²) >= 11 is 6.41. The van der Waals surface area contributed by atoms with Gasteiger partial charge in [-0.05, 0) is 97.2 Å². The third kappa shape index (κ3) is 4.94. The van der Waals surface area contributed by atoms with Crippen molar-refractivity contribution in [1.29, 1.82) is 0 Å². The number of anilines is 1. The third-order valence-corrected chi connectivity index (χ3v) is 11.9. The largest absolute Gasteiger partial charge is 0.508 e. The predicted octanol–water partition coefficient (Wildman–Crippen LogP) is 6.77. The summed E-state index contributed by atoms with van der Waals surface area (Å²) in [5, 5.41) is 20.9. The van der Waals surface area contributed by atoms with Gasteiger partial charge in [0.2, 0.25) is 23.6 Å². The fourth-order valence-corrected chi connectivity index (χ4v) is 9.65. The van der Waals surface area contributed by atoms with Gasteiger partial charge in [0.1, 0.15) is 11.5 Å². The number of hydrogen-bond acceptors (Lipinski definition) is 6. The Morgan fingerprint density at radius 3 is 2.20 bits per heavy atom. The van der Waals surface area contributed by atoms with Crippen LogP contribution in [0.1, 0.15) is 46.6 Å². The van der Waals surface area contributed by atoms with E-state index in [1.165, 1.54) is 9.80 Å². The zero-order valence-corrected chi connectivity index (χ0v) is 29.0. The zero-order valence-electron chi connectivity index (χ0n) is 28.3. The van der Waals surface area contributed by atoms with Crippen molar-refractivity contribution in [2.24, 2.45) is 23.7 Å². The summed E-state index contributed by atoms with van der Waals surface area (Å²) < 4.78 is 0. The lowest BCUT2D eigenvalue weighted by molar-refractivity contribution is -0.140. The minimum atomic E-state index is -1.38. The standard InChI is InChI=1S/C42H37ClN2O6/c1-23-19-26(20-24(2)37(23)47)36-31-15-16-32-35(40(50)44(38(32)48)18-17-25-11-13-30(46)14-12-25)33(31)22-34-39(49)45(29-10-6-9-28(43)21-29)41(51)42(34,36)27-7-4-3-5-8-27/h3-15,19-21,32-36,46-47H,16-18,22H2,1-2H3/t32-,33+,34-,35-,36-,42+/m0/s1. The molecule has 4 aromatic carbocycles. The first-order chi connectivity index (χ1) is 24.5. The van der Waals surface area contributed by atoms with Gasteiger partial charge in [-0.25, -0.2) is 4.90 Å². The monoisotopic (exact) mass is 700 g/mol. The molecule has 2 N–H and O–H groups in total. The van der Waals surface area contributed by atoms with Crippen molar-refractivity contribution in [2.75, 3.05) is 11.4 Å². The fourth-order valence-electron chi connectivity index (χ4n) is 9.46. The number of likely N-dealkylation sites (tertiary alicyclic amines) is 1. The van der Waals surface area contributed by atoms with Crippen molar-refractivity contribution in [1.82, 2.24) is 4.90 Å². The summed E-state index contributed by atoms with van der Waals surface area (Å²) in [6.07, 6.45) is 3.03. The van der Waals surface area contributed by atoms with Crippen LogP contribution in [0, 0.1) is 37.5 Å². The highest BCUT2D eigenvalue weighted by Crippen LogP contribution is 2.64. The fraction of sp³-hybridized carbons (Fsp3) is 0.286. The van der Waals surface area contributed by atoms with E-state index in [9.17, 15) is 24.6 Å². The number of carbonyl (C=O) groups is 4. The minimum absolute atomic E-state index is 0.142. The van der Waals surface area contributed by atoms with Gasteiger partial charge in [-0.2, -0.15) is 0 Å². The molecule has 3 fully saturated rings. The summed E-state index contributed by atoms with van der Waals surface area (Å²) in [6.45, 7) is 3.83. The Morgan fingerprint density at radius 2 is 1.51 bits per heavy atom. The lowest BCUT2D eigenvalue weighted by Gasteiger charge is -2.51. The van der Waals surface area contributed by atoms with Gasteiger partial charge in [0.25, 0.3) is 0 Å². The SMILES string of the molecule is Cc1cc([C@H]2C3=CC[C@@H]4C(=O)N(CCc5ccc(O)cc5)C(=O)[C@@H]4[C@@H]3C[C@H]3C(=O)N(c4cccc(Cl)c4)C(=O)[C@@]23c2ccccc2)cc(C)c1O. The van der Waals surface area contributed by atoms with E-state index in [0.717, 1.165) is 16.7 Å². The smallest absolute Gasteiger partial charge is 0.246 e. The second-order valence-electron chi connectivity index (χ2n) is 14.3. The van der Waals surface area contributed by atoms with Crippen molar-refractivity contribution >= 4 is 40.9 Å². The molecule has 6 atom stereocenters. The van der Waals surface area contributed by atoms with Crippen LogP contribution in [-0.4, -0.2) is 45.3 Å². The summed E-state index contributed by atoms with van der Waals surface area (Å²) in [5.74, 6) is -4.18. The number of halogens is 1. The first-order valence-corrected chi connectivity index (χ1v) is 17.7. The van der Waals surface area contributed by atoms with E-state index in [-0.39, 0.29) is 48.1 Å². The molecule has 9 heteroatoms. The Balaban J connectivity index is 1.29. The number of imide groups is 2. The lowest BCUT2D eigenvalue weighted by atomic mass is 9.49. The molecular weight excluding hydrogens is 664 g/mol. The summed E-state index contributed by atoms with van der Waals surface area (Å²) in [7, 11) is 0. The molecule has 51 heavy (non-hydrogen) atoms. The number of aryl methyl sites for hydroxylation is 2. The van der Waals surface area contributed by atoms with E-state index in [0.29, 0.717) is 40.2 Å². The molecule has 0 unspecified atom stereocenters. The molecule has 8 rings (SSSR count). The predicted molar refractivity (Wildman–Crippen MR) is 192 cm³/mol. The van der Waals surface area contributed by atoms with Gasteiger partial charge in [0.05, 0.1) is 28.9 Å². The van der Waals surface area contributed by atoms with Gasteiger partial charge < -0.3 is 10.2 Å². The van der Waals surface area contributed by atoms with Gasteiger partial charge in [0.15, 0.2) is 0 Å². The van der Waals surface area contributed by atoms with Crippen LogP contribution in [-0.2, 0) is 31.0 Å². The Kier molecular flexibility index (Phi) is 7.91. The number of hydrogen-bond donors (Lipinski definition) is 2. The van der Waals surface area contributed by atoms with Crippen molar-refractivity contribution in [2.45, 2.75) is 44.4 Å². The van der Waals surface area contributed by atoms with Crippen molar-refractivity contribution in [3.63, 3.8) is 0 Å². The summed E-state index contributed by atoms with van der Waals surface area (Å²) in [6, 6.07) is 26.6. The second kappa shape index (κ2) is 12.2. The quantitative estimate of drug-likeness (QED) is 0.170. The van der Waals surface area contributed by atoms with E-state index in [1.54, 1.807) is 48.5 Å². The van der Waals surface area contributed by atoms with Gasteiger partial charge in [-0.3, -0.25) is 24.1 Å². The average molecular weight is 701 g/mol. The average Bonchev–Trinajstić information content (AvgIpc) is 3.50. The number of nitrogens with zero attached hydrogens (tertiary/aromatic N) is 2. The van der Waals surface area contributed by atoms with E-state index >= 15 is 4.79 Å². The number of benzene rings is 4. The Hall–Kier alpha value is -5.21. The van der Waals surface area contributed by atoms with Crippen LogP contribution in [0.4, 0.5) is 5.69 Å². The molecule has 2 heterocycles. The maximum absolute atomic E-state index is 15.4. The lowest BCUT2D eigenvalue weighted by Crippen LogP contribution is -2.53. The molecule has 0 aromatic heterocycles. The molecular formula is C42H37ClN2O6. The highest BCUT2D eigenvalue weighted by molar-refractivity contribution is 6.32. The molecule has 258 valence electrons. The van der Waals surface area contributed by atoms with Crippen LogP contribution in [0.15, 0.2) is 103 Å². The summed E-state index contributed by atoms with van der Waals surface area (Å²) in [4.78, 5) is 61.2. The molecule has 0 radical (unpaired) electrons. The molecule has 2 aliphatic heterocycles. The molecule has 2 saturated heterocycles. The number of carbonyl (C=O) groups excluding carboxylic acids is 4. The molecule has 4 aromatic rings. The van der Waals surface area contributed by atoms with Crippen LogP contribution >= 0.6 is 11.6 Å². The van der Waals surface area contributed by atoms with Gasteiger partial charge in [0, 0.05) is 17.5 Å². The molecule has 4 aliphatic rings. The number of amides is 4. The van der Waals surface area contributed by atoms with Crippen molar-refractivity contribution in [3.8, 4) is 11.5 Å². The maximum atomic E-state index is 15.4. The third-order valence-electron chi connectivity index (χ3n) is 11.7. The first kappa shape index (κ1) is 33.0. The number of fused-ring (bicyclic) bond motifs is 4. The molecule has 4 amide bonds. The van der Waals surface area contributed by atoms with E-state index < -0.39 is 35.0 Å². The van der Waals surface area contributed by atoms with E-state index in [2.05, 4.69) is 0 Å². The normalized spacial score (nSPS) is 27.0. The van der Waals surface area contributed by atoms with Gasteiger partial charge in [-0.15, -0.1) is 0 Å². The summed E-state index contributed by atoms with van der Waals surface area (Å²) in [5.41, 5.74) is 3.49. The number of allylic oxidation sites excluding steroid dienone is 2. The maximum Gasteiger partial charge on any atom is 0.246 e. The minimum Gasteiger partial charge on any atom is -0.508 e. The van der Waals surface area contributed by atoms with Crippen LogP contribution in [0.3, 0.4) is 0 Å². The molecule has 1 saturated carbocycles. The van der Waals surface area contributed by atoms with Gasteiger partial charge >= 0.3 is 0 Å². The molecule has 0 spiro atoms. The van der Waals surface area contributed by atoms with Crippen LogP contribution < -0.4 is 4.90 Å². The second-order valence-corrected chi connectivity index (χ2v) is 14.8. The first-order valence-electron chi connectivity index (χ1n) is 17.3. The van der Waals surface area contributed by atoms with Crippen LogP contribution in [0.5, 0.6) is 11.5 Å². The van der Waals surface area contributed by atoms with E-state index in [1.807, 2.05) is 62.4 Å². The Bertz CT molecular complexity index is 2120. The number of phenolic OH excluding ortho intramolecular Hbond substituents is 2. The zero-order chi connectivity index (χ0) is 35.8. The van der Waals surface area contributed by atoms with Crippen LogP contribution in [0.25, 0.3) is 0 Å².